The van der Waals surface area contributed by atoms with Crippen LogP contribution >= 0.6 is 0 Å². The van der Waals surface area contributed by atoms with Crippen LogP contribution in [0.5, 0.6) is 0 Å². The first kappa shape index (κ1) is 18.2. The first-order valence-corrected chi connectivity index (χ1v) is 9.42. The van der Waals surface area contributed by atoms with E-state index in [0.717, 1.165) is 30.9 Å². The summed E-state index contributed by atoms with van der Waals surface area (Å²) < 4.78 is 7.50. The first-order valence-electron chi connectivity index (χ1n) is 9.42. The Morgan fingerprint density at radius 2 is 1.96 bits per heavy atom. The fraction of sp³-hybridized carbons (Fsp3) is 0.286. The van der Waals surface area contributed by atoms with Crippen LogP contribution in [0.2, 0.25) is 0 Å². The molecule has 4 rings (SSSR count). The van der Waals surface area contributed by atoms with Crippen molar-refractivity contribution in [2.45, 2.75) is 13.0 Å². The van der Waals surface area contributed by atoms with Crippen LogP contribution in [-0.4, -0.2) is 45.6 Å². The lowest BCUT2D eigenvalue weighted by Gasteiger charge is -2.17. The van der Waals surface area contributed by atoms with E-state index in [1.807, 2.05) is 47.4 Å². The summed E-state index contributed by atoms with van der Waals surface area (Å²) in [6.07, 6.45) is 4.37. The molecule has 0 radical (unpaired) electrons. The van der Waals surface area contributed by atoms with Crippen molar-refractivity contribution in [3.63, 3.8) is 0 Å². The minimum atomic E-state index is -0.0703. The third-order valence-corrected chi connectivity index (χ3v) is 4.84. The molecule has 144 valence electrons. The molecular formula is C21H23N5O2. The number of ether oxygens (including phenoxy) is 1. The van der Waals surface area contributed by atoms with Gasteiger partial charge < -0.3 is 15.0 Å². The average Bonchev–Trinajstić information content (AvgIpc) is 3.42. The topological polar surface area (TPSA) is 72.3 Å². The number of likely N-dealkylation sites (tertiary alicyclic amines) is 1. The Morgan fingerprint density at radius 3 is 2.71 bits per heavy atom. The molecule has 1 aliphatic rings. The molecule has 1 atom stereocenters. The number of hydrogen-bond acceptors (Lipinski definition) is 4. The maximum absolute atomic E-state index is 12.5. The zero-order valence-electron chi connectivity index (χ0n) is 15.6. The molecule has 0 saturated carbocycles. The Bertz CT molecular complexity index is 881. The highest BCUT2D eigenvalue weighted by Crippen LogP contribution is 2.19. The molecule has 2 amide bonds. The number of benzene rings is 2. The minimum absolute atomic E-state index is 0.0703. The van der Waals surface area contributed by atoms with Gasteiger partial charge in [0.15, 0.2) is 0 Å². The van der Waals surface area contributed by atoms with Crippen molar-refractivity contribution >= 4 is 11.7 Å². The van der Waals surface area contributed by atoms with Gasteiger partial charge in [0.1, 0.15) is 0 Å². The first-order chi connectivity index (χ1) is 13.8. The number of anilines is 1. The minimum Gasteiger partial charge on any atom is -0.376 e. The van der Waals surface area contributed by atoms with Crippen molar-refractivity contribution in [3.05, 3.63) is 72.6 Å². The normalized spacial score (nSPS) is 16.3. The maximum Gasteiger partial charge on any atom is 0.321 e. The molecule has 2 heterocycles. The van der Waals surface area contributed by atoms with Gasteiger partial charge in [0, 0.05) is 24.7 Å². The number of hydrogen-bond donors (Lipinski definition) is 1. The van der Waals surface area contributed by atoms with Crippen LogP contribution in [0.25, 0.3) is 5.69 Å². The van der Waals surface area contributed by atoms with Gasteiger partial charge in [0.2, 0.25) is 0 Å². The SMILES string of the molecule is O=C(Nc1ccc(-n2ccnn2)cc1)N1CCC(COCc2ccccc2)C1. The molecule has 1 fully saturated rings. The van der Waals surface area contributed by atoms with Gasteiger partial charge in [0.05, 0.1) is 31.3 Å². The standard InChI is InChI=1S/C21H23N5O2/c27-21(23-19-6-8-20(9-7-19)26-13-11-22-24-26)25-12-10-18(14-25)16-28-15-17-4-2-1-3-5-17/h1-9,11,13,18H,10,12,14-16H2,(H,23,27). The van der Waals surface area contributed by atoms with Crippen LogP contribution in [0.3, 0.4) is 0 Å². The van der Waals surface area contributed by atoms with E-state index in [-0.39, 0.29) is 6.03 Å². The number of aromatic nitrogens is 3. The number of nitrogens with one attached hydrogen (secondary N) is 1. The van der Waals surface area contributed by atoms with Gasteiger partial charge in [-0.15, -0.1) is 5.10 Å². The summed E-state index contributed by atoms with van der Waals surface area (Å²) in [4.78, 5) is 14.4. The Labute approximate surface area is 163 Å². The zero-order valence-corrected chi connectivity index (χ0v) is 15.6. The zero-order chi connectivity index (χ0) is 19.2. The van der Waals surface area contributed by atoms with Crippen molar-refractivity contribution in [2.75, 3.05) is 25.0 Å². The Kier molecular flexibility index (Phi) is 5.63. The van der Waals surface area contributed by atoms with Crippen molar-refractivity contribution < 1.29 is 9.53 Å². The molecule has 7 nitrogen and oxygen atoms in total. The second-order valence-corrected chi connectivity index (χ2v) is 6.93. The lowest BCUT2D eigenvalue weighted by Crippen LogP contribution is -2.33. The lowest BCUT2D eigenvalue weighted by atomic mass is 10.1. The van der Waals surface area contributed by atoms with E-state index in [4.69, 9.17) is 4.74 Å². The summed E-state index contributed by atoms with van der Waals surface area (Å²) in [6, 6.07) is 17.6. The summed E-state index contributed by atoms with van der Waals surface area (Å²) >= 11 is 0. The van der Waals surface area contributed by atoms with E-state index in [1.165, 1.54) is 5.56 Å². The largest absolute Gasteiger partial charge is 0.376 e. The van der Waals surface area contributed by atoms with E-state index in [2.05, 4.69) is 27.8 Å². The number of rotatable bonds is 6. The molecule has 0 spiro atoms. The van der Waals surface area contributed by atoms with Gasteiger partial charge in [-0.2, -0.15) is 0 Å². The Morgan fingerprint density at radius 1 is 1.14 bits per heavy atom. The van der Waals surface area contributed by atoms with Gasteiger partial charge in [0.25, 0.3) is 0 Å². The molecule has 3 aromatic rings. The van der Waals surface area contributed by atoms with Crippen molar-refractivity contribution in [1.29, 1.82) is 0 Å². The van der Waals surface area contributed by atoms with Crippen LogP contribution in [0.4, 0.5) is 10.5 Å². The smallest absolute Gasteiger partial charge is 0.321 e. The molecule has 1 N–H and O–H groups in total. The van der Waals surface area contributed by atoms with Crippen LogP contribution in [0, 0.1) is 5.92 Å². The number of carbonyl (C=O) groups excluding carboxylic acids is 1. The second-order valence-electron chi connectivity index (χ2n) is 6.93. The highest BCUT2D eigenvalue weighted by molar-refractivity contribution is 5.89. The molecule has 28 heavy (non-hydrogen) atoms. The number of amides is 2. The molecule has 0 aliphatic carbocycles. The van der Waals surface area contributed by atoms with Gasteiger partial charge in [-0.25, -0.2) is 9.48 Å². The molecule has 0 bridgehead atoms. The Hall–Kier alpha value is -3.19. The number of urea groups is 1. The highest BCUT2D eigenvalue weighted by Gasteiger charge is 2.26. The quantitative estimate of drug-likeness (QED) is 0.715. The monoisotopic (exact) mass is 377 g/mol. The number of nitrogens with zero attached hydrogens (tertiary/aromatic N) is 4. The molecule has 1 saturated heterocycles. The molecule has 2 aromatic carbocycles. The van der Waals surface area contributed by atoms with Crippen LogP contribution in [-0.2, 0) is 11.3 Å². The van der Waals surface area contributed by atoms with Crippen LogP contribution < -0.4 is 5.32 Å². The second kappa shape index (κ2) is 8.67. The summed E-state index contributed by atoms with van der Waals surface area (Å²) in [5, 5.41) is 10.7. The van der Waals surface area contributed by atoms with Gasteiger partial charge >= 0.3 is 6.03 Å². The maximum atomic E-state index is 12.5. The van der Waals surface area contributed by atoms with E-state index in [0.29, 0.717) is 19.1 Å². The van der Waals surface area contributed by atoms with Gasteiger partial charge in [-0.1, -0.05) is 35.5 Å². The fourth-order valence-corrected chi connectivity index (χ4v) is 3.32. The Balaban J connectivity index is 1.23. The van der Waals surface area contributed by atoms with E-state index < -0.39 is 0 Å². The lowest BCUT2D eigenvalue weighted by molar-refractivity contribution is 0.0900. The van der Waals surface area contributed by atoms with Crippen LogP contribution in [0.1, 0.15) is 12.0 Å². The summed E-state index contributed by atoms with van der Waals surface area (Å²) in [5.41, 5.74) is 2.83. The number of carbonyl (C=O) groups is 1. The van der Waals surface area contributed by atoms with E-state index in [9.17, 15) is 4.79 Å². The third kappa shape index (κ3) is 4.55. The average molecular weight is 377 g/mol. The molecule has 1 aromatic heterocycles. The van der Waals surface area contributed by atoms with Crippen molar-refractivity contribution in [3.8, 4) is 5.69 Å². The summed E-state index contributed by atoms with van der Waals surface area (Å²) in [5.74, 6) is 0.379. The third-order valence-electron chi connectivity index (χ3n) is 4.84. The predicted molar refractivity (Wildman–Crippen MR) is 106 cm³/mol. The summed E-state index contributed by atoms with van der Waals surface area (Å²) in [7, 11) is 0. The molecule has 1 aliphatic heterocycles. The van der Waals surface area contributed by atoms with E-state index >= 15 is 0 Å². The fourth-order valence-electron chi connectivity index (χ4n) is 3.32. The van der Waals surface area contributed by atoms with Crippen LogP contribution in [0.15, 0.2) is 67.0 Å². The molecule has 1 unspecified atom stereocenters. The van der Waals surface area contributed by atoms with Crippen molar-refractivity contribution in [1.82, 2.24) is 19.9 Å². The molecule has 7 heteroatoms. The van der Waals surface area contributed by atoms with Gasteiger partial charge in [-0.3, -0.25) is 0 Å². The molecular weight excluding hydrogens is 354 g/mol. The summed E-state index contributed by atoms with van der Waals surface area (Å²) in [6.45, 7) is 2.76. The van der Waals surface area contributed by atoms with E-state index in [1.54, 1.807) is 17.1 Å². The van der Waals surface area contributed by atoms with Crippen molar-refractivity contribution in [2.24, 2.45) is 5.92 Å². The predicted octanol–water partition coefficient (Wildman–Crippen LogP) is 3.34. The van der Waals surface area contributed by atoms with Gasteiger partial charge in [-0.05, 0) is 36.2 Å². The highest BCUT2D eigenvalue weighted by atomic mass is 16.5.